The highest BCUT2D eigenvalue weighted by atomic mass is 16.5. The Bertz CT molecular complexity index is 156. The maximum atomic E-state index is 5.95. The van der Waals surface area contributed by atoms with E-state index in [0.717, 1.165) is 32.1 Å². The van der Waals surface area contributed by atoms with Crippen molar-refractivity contribution < 1.29 is 4.74 Å². The Labute approximate surface area is 94.6 Å². The van der Waals surface area contributed by atoms with Gasteiger partial charge < -0.3 is 10.5 Å². The van der Waals surface area contributed by atoms with E-state index < -0.39 is 0 Å². The highest BCUT2D eigenvalue weighted by Gasteiger charge is 2.33. The van der Waals surface area contributed by atoms with Gasteiger partial charge in [0.05, 0.1) is 0 Å². The molecule has 2 N–H and O–H groups in total. The van der Waals surface area contributed by atoms with Crippen LogP contribution in [0.5, 0.6) is 0 Å². The fourth-order valence-corrected chi connectivity index (χ4v) is 2.69. The Morgan fingerprint density at radius 2 is 1.93 bits per heavy atom. The van der Waals surface area contributed by atoms with Crippen LogP contribution in [0.15, 0.2) is 0 Å². The van der Waals surface area contributed by atoms with Gasteiger partial charge in [0.25, 0.3) is 0 Å². The molecule has 0 aromatic rings. The van der Waals surface area contributed by atoms with E-state index in [1.54, 1.807) is 0 Å². The first-order chi connectivity index (χ1) is 7.26. The van der Waals surface area contributed by atoms with Gasteiger partial charge in [0, 0.05) is 13.2 Å². The molecule has 1 aliphatic carbocycles. The quantitative estimate of drug-likeness (QED) is 0.688. The molecular formula is C13H27NO. The molecule has 0 heterocycles. The summed E-state index contributed by atoms with van der Waals surface area (Å²) in [6.45, 7) is 6.93. The van der Waals surface area contributed by atoms with E-state index in [0.29, 0.717) is 5.41 Å². The van der Waals surface area contributed by atoms with Gasteiger partial charge in [0.2, 0.25) is 0 Å². The van der Waals surface area contributed by atoms with Crippen molar-refractivity contribution in [3.8, 4) is 0 Å². The summed E-state index contributed by atoms with van der Waals surface area (Å²) in [5, 5.41) is 0. The van der Waals surface area contributed by atoms with E-state index in [4.69, 9.17) is 10.5 Å². The Hall–Kier alpha value is -0.0800. The molecule has 1 fully saturated rings. The lowest BCUT2D eigenvalue weighted by Crippen LogP contribution is -2.36. The second kappa shape index (κ2) is 6.49. The monoisotopic (exact) mass is 213 g/mol. The molecule has 0 saturated heterocycles. The van der Waals surface area contributed by atoms with Gasteiger partial charge in [-0.3, -0.25) is 0 Å². The van der Waals surface area contributed by atoms with E-state index in [1.165, 1.54) is 32.1 Å². The van der Waals surface area contributed by atoms with Crippen molar-refractivity contribution in [3.05, 3.63) is 0 Å². The average molecular weight is 213 g/mol. The lowest BCUT2D eigenvalue weighted by molar-refractivity contribution is 0.0726. The topological polar surface area (TPSA) is 35.2 Å². The summed E-state index contributed by atoms with van der Waals surface area (Å²) in [6.07, 6.45) is 7.88. The molecule has 0 aliphatic heterocycles. The summed E-state index contributed by atoms with van der Waals surface area (Å²) < 4.78 is 5.46. The minimum Gasteiger partial charge on any atom is -0.382 e. The van der Waals surface area contributed by atoms with Crippen LogP contribution in [0, 0.1) is 11.3 Å². The first-order valence-electron chi connectivity index (χ1n) is 6.54. The summed E-state index contributed by atoms with van der Waals surface area (Å²) in [5.41, 5.74) is 6.36. The zero-order chi connectivity index (χ0) is 11.1. The smallest absolute Gasteiger partial charge is 0.0471 e. The maximum absolute atomic E-state index is 5.95. The number of ether oxygens (including phenoxy) is 1. The van der Waals surface area contributed by atoms with Crippen LogP contribution >= 0.6 is 0 Å². The van der Waals surface area contributed by atoms with Gasteiger partial charge in [-0.25, -0.2) is 0 Å². The Morgan fingerprint density at radius 3 is 2.40 bits per heavy atom. The van der Waals surface area contributed by atoms with E-state index in [2.05, 4.69) is 13.8 Å². The van der Waals surface area contributed by atoms with E-state index in [-0.39, 0.29) is 0 Å². The summed E-state index contributed by atoms with van der Waals surface area (Å²) in [7, 11) is 0. The van der Waals surface area contributed by atoms with Gasteiger partial charge >= 0.3 is 0 Å². The zero-order valence-electron chi connectivity index (χ0n) is 10.4. The van der Waals surface area contributed by atoms with Gasteiger partial charge in [-0.2, -0.15) is 0 Å². The summed E-state index contributed by atoms with van der Waals surface area (Å²) >= 11 is 0. The number of hydrogen-bond donors (Lipinski definition) is 1. The molecule has 2 nitrogen and oxygen atoms in total. The number of nitrogens with two attached hydrogens (primary N) is 1. The van der Waals surface area contributed by atoms with Gasteiger partial charge in [0.15, 0.2) is 0 Å². The predicted molar refractivity (Wildman–Crippen MR) is 64.8 cm³/mol. The maximum Gasteiger partial charge on any atom is 0.0471 e. The first kappa shape index (κ1) is 13.0. The van der Waals surface area contributed by atoms with Crippen LogP contribution in [0.4, 0.5) is 0 Å². The normalized spacial score (nSPS) is 31.8. The molecule has 0 radical (unpaired) electrons. The molecule has 90 valence electrons. The van der Waals surface area contributed by atoms with Gasteiger partial charge in [-0.1, -0.05) is 13.3 Å². The van der Waals surface area contributed by atoms with Crippen LogP contribution in [0.3, 0.4) is 0 Å². The third-order valence-electron chi connectivity index (χ3n) is 4.16. The van der Waals surface area contributed by atoms with Crippen molar-refractivity contribution >= 4 is 0 Å². The molecule has 2 heteroatoms. The summed E-state index contributed by atoms with van der Waals surface area (Å²) in [4.78, 5) is 0. The molecule has 0 unspecified atom stereocenters. The molecular weight excluding hydrogens is 186 g/mol. The second-order valence-corrected chi connectivity index (χ2v) is 5.00. The molecule has 1 rings (SSSR count). The SMILES string of the molecule is CCOCCC1(CN)CCC(CC)CC1. The molecule has 0 amide bonds. The molecule has 0 aromatic carbocycles. The highest BCUT2D eigenvalue weighted by molar-refractivity contribution is 4.86. The second-order valence-electron chi connectivity index (χ2n) is 5.00. The number of hydrogen-bond acceptors (Lipinski definition) is 2. The highest BCUT2D eigenvalue weighted by Crippen LogP contribution is 2.41. The Morgan fingerprint density at radius 1 is 1.27 bits per heavy atom. The van der Waals surface area contributed by atoms with Gasteiger partial charge in [0.1, 0.15) is 0 Å². The first-order valence-corrected chi connectivity index (χ1v) is 6.54. The van der Waals surface area contributed by atoms with E-state index >= 15 is 0 Å². The van der Waals surface area contributed by atoms with Crippen LogP contribution in [0.25, 0.3) is 0 Å². The largest absolute Gasteiger partial charge is 0.382 e. The minimum absolute atomic E-state index is 0.404. The molecule has 0 atom stereocenters. The molecule has 0 spiro atoms. The summed E-state index contributed by atoms with van der Waals surface area (Å²) in [6, 6.07) is 0. The molecule has 0 bridgehead atoms. The van der Waals surface area contributed by atoms with Crippen LogP contribution in [-0.2, 0) is 4.74 Å². The van der Waals surface area contributed by atoms with Crippen LogP contribution in [0.1, 0.15) is 52.4 Å². The zero-order valence-corrected chi connectivity index (χ0v) is 10.4. The van der Waals surface area contributed by atoms with Crippen molar-refractivity contribution in [2.45, 2.75) is 52.4 Å². The van der Waals surface area contributed by atoms with E-state index in [9.17, 15) is 0 Å². The lowest BCUT2D eigenvalue weighted by atomic mass is 9.68. The Balaban J connectivity index is 2.34. The fourth-order valence-electron chi connectivity index (χ4n) is 2.69. The standard InChI is InChI=1S/C13H27NO/c1-3-12-5-7-13(11-14,8-6-12)9-10-15-4-2/h12H,3-11,14H2,1-2H3. The van der Waals surface area contributed by atoms with Crippen molar-refractivity contribution in [2.75, 3.05) is 19.8 Å². The molecule has 15 heavy (non-hydrogen) atoms. The lowest BCUT2D eigenvalue weighted by Gasteiger charge is -2.39. The van der Waals surface area contributed by atoms with E-state index in [1.807, 2.05) is 0 Å². The van der Waals surface area contributed by atoms with Crippen molar-refractivity contribution in [1.82, 2.24) is 0 Å². The fraction of sp³-hybridized carbons (Fsp3) is 1.00. The van der Waals surface area contributed by atoms with Crippen molar-refractivity contribution in [1.29, 1.82) is 0 Å². The average Bonchev–Trinajstić information content (AvgIpc) is 2.30. The number of rotatable bonds is 6. The summed E-state index contributed by atoms with van der Waals surface area (Å²) in [5.74, 6) is 0.955. The van der Waals surface area contributed by atoms with Crippen LogP contribution in [-0.4, -0.2) is 19.8 Å². The van der Waals surface area contributed by atoms with Crippen LogP contribution < -0.4 is 5.73 Å². The molecule has 1 saturated carbocycles. The Kier molecular flexibility index (Phi) is 5.62. The predicted octanol–water partition coefficient (Wildman–Crippen LogP) is 2.96. The van der Waals surface area contributed by atoms with Crippen LogP contribution in [0.2, 0.25) is 0 Å². The van der Waals surface area contributed by atoms with Gasteiger partial charge in [-0.05, 0) is 56.9 Å². The third-order valence-corrected chi connectivity index (χ3v) is 4.16. The molecule has 1 aliphatic rings. The minimum atomic E-state index is 0.404. The third kappa shape index (κ3) is 3.76. The molecule has 0 aromatic heterocycles. The van der Waals surface area contributed by atoms with Crippen molar-refractivity contribution in [3.63, 3.8) is 0 Å². The van der Waals surface area contributed by atoms with Gasteiger partial charge in [-0.15, -0.1) is 0 Å². The van der Waals surface area contributed by atoms with Crippen molar-refractivity contribution in [2.24, 2.45) is 17.1 Å².